The smallest absolute Gasteiger partial charge is 0.379 e. The quantitative estimate of drug-likeness (QED) is 0.480. The number of benzene rings is 1. The minimum Gasteiger partial charge on any atom is -0.502 e. The number of rotatable bonds is 5. The number of carbonyl (C=O) groups excluding carboxylic acids is 1. The number of nitrogens with two attached hydrogens (primary N) is 1. The summed E-state index contributed by atoms with van der Waals surface area (Å²) >= 11 is 0. The van der Waals surface area contributed by atoms with Gasteiger partial charge in [-0.05, 0) is 13.0 Å². The van der Waals surface area contributed by atoms with Gasteiger partial charge in [0, 0.05) is 5.56 Å². The van der Waals surface area contributed by atoms with E-state index in [1.807, 2.05) is 0 Å². The number of phenolic OH excluding ortho intramolecular Hbond substituents is 1. The number of carbonyl (C=O) groups is 1. The number of alkyl halides is 2. The minimum absolute atomic E-state index is 0. The van der Waals surface area contributed by atoms with Crippen molar-refractivity contribution in [3.8, 4) is 5.75 Å². The van der Waals surface area contributed by atoms with Crippen molar-refractivity contribution >= 4 is 24.1 Å². The molecule has 0 radical (unpaired) electrons. The van der Waals surface area contributed by atoms with Gasteiger partial charge >= 0.3 is 17.6 Å². The van der Waals surface area contributed by atoms with Crippen molar-refractivity contribution in [2.45, 2.75) is 18.9 Å². The molecule has 22 heavy (non-hydrogen) atoms. The molecule has 0 amide bonds. The molecule has 124 valence electrons. The van der Waals surface area contributed by atoms with Gasteiger partial charge < -0.3 is 15.6 Å². The monoisotopic (exact) mass is 344 g/mol. The average molecular weight is 345 g/mol. The standard InChI is InChI=1S/C11H11F3N2O5.ClH/c1-2-21-10(18)11(13,14)9(15)6-3-5(12)4-7(8(6)17)16(19)20;/h3-4,9,17H,2,15H2,1H3;1H/t9-;/m0./s1. The molecule has 1 atom stereocenters. The molecule has 0 spiro atoms. The van der Waals surface area contributed by atoms with Gasteiger partial charge in [0.2, 0.25) is 0 Å². The third-order valence-corrected chi connectivity index (χ3v) is 2.55. The van der Waals surface area contributed by atoms with Gasteiger partial charge in [-0.3, -0.25) is 10.1 Å². The van der Waals surface area contributed by atoms with Gasteiger partial charge in [-0.15, -0.1) is 12.4 Å². The van der Waals surface area contributed by atoms with Gasteiger partial charge in [-0.1, -0.05) is 0 Å². The van der Waals surface area contributed by atoms with Crippen LogP contribution in [0.1, 0.15) is 18.5 Å². The summed E-state index contributed by atoms with van der Waals surface area (Å²) in [4.78, 5) is 20.6. The third-order valence-electron chi connectivity index (χ3n) is 2.55. The van der Waals surface area contributed by atoms with E-state index in [1.165, 1.54) is 6.92 Å². The lowest BCUT2D eigenvalue weighted by Gasteiger charge is -2.22. The lowest BCUT2D eigenvalue weighted by atomic mass is 9.99. The number of nitro groups is 1. The average Bonchev–Trinajstić information content (AvgIpc) is 2.40. The summed E-state index contributed by atoms with van der Waals surface area (Å²) in [6, 6.07) is -1.78. The van der Waals surface area contributed by atoms with E-state index in [0.717, 1.165) is 0 Å². The van der Waals surface area contributed by atoms with E-state index in [0.29, 0.717) is 12.1 Å². The predicted octanol–water partition coefficient (Wildman–Crippen LogP) is 2.06. The Hall–Kier alpha value is -2.07. The number of hydrogen-bond acceptors (Lipinski definition) is 6. The lowest BCUT2D eigenvalue weighted by molar-refractivity contribution is -0.386. The van der Waals surface area contributed by atoms with Crippen LogP contribution >= 0.6 is 12.4 Å². The van der Waals surface area contributed by atoms with Gasteiger partial charge in [0.05, 0.1) is 17.6 Å². The highest BCUT2D eigenvalue weighted by Gasteiger charge is 2.49. The number of phenols is 1. The zero-order chi connectivity index (χ0) is 16.4. The fourth-order valence-corrected chi connectivity index (χ4v) is 1.53. The van der Waals surface area contributed by atoms with Crippen molar-refractivity contribution in [2.75, 3.05) is 6.61 Å². The molecule has 0 aromatic heterocycles. The minimum atomic E-state index is -4.30. The van der Waals surface area contributed by atoms with Crippen molar-refractivity contribution in [1.29, 1.82) is 0 Å². The summed E-state index contributed by atoms with van der Waals surface area (Å²) < 4.78 is 44.8. The van der Waals surface area contributed by atoms with E-state index < -0.39 is 45.7 Å². The molecular formula is C11H12ClF3N2O5. The Labute approximate surface area is 128 Å². The topological polar surface area (TPSA) is 116 Å². The summed E-state index contributed by atoms with van der Waals surface area (Å²) in [6.45, 7) is 0.931. The molecule has 0 aliphatic rings. The molecule has 0 unspecified atom stereocenters. The van der Waals surface area contributed by atoms with Crippen LogP contribution in [0, 0.1) is 15.9 Å². The van der Waals surface area contributed by atoms with Crippen LogP contribution in [0.4, 0.5) is 18.9 Å². The second kappa shape index (κ2) is 7.27. The summed E-state index contributed by atoms with van der Waals surface area (Å²) in [5.41, 5.74) is 3.03. The van der Waals surface area contributed by atoms with Crippen LogP contribution in [-0.4, -0.2) is 28.5 Å². The second-order valence-electron chi connectivity index (χ2n) is 3.94. The van der Waals surface area contributed by atoms with Gasteiger partial charge in [0.15, 0.2) is 5.75 Å². The molecule has 0 saturated heterocycles. The van der Waals surface area contributed by atoms with E-state index in [4.69, 9.17) is 5.73 Å². The summed E-state index contributed by atoms with van der Waals surface area (Å²) in [5.74, 6) is -8.78. The maximum absolute atomic E-state index is 13.7. The number of nitro benzene ring substituents is 1. The number of esters is 1. The van der Waals surface area contributed by atoms with Crippen molar-refractivity contribution in [3.63, 3.8) is 0 Å². The van der Waals surface area contributed by atoms with Crippen LogP contribution in [0.25, 0.3) is 0 Å². The fourth-order valence-electron chi connectivity index (χ4n) is 1.53. The molecule has 1 aromatic carbocycles. The Balaban J connectivity index is 0.00000441. The first-order chi connectivity index (χ1) is 9.62. The first-order valence-electron chi connectivity index (χ1n) is 5.60. The Kier molecular flexibility index (Phi) is 6.59. The third kappa shape index (κ3) is 3.77. The van der Waals surface area contributed by atoms with Crippen LogP contribution in [0.15, 0.2) is 12.1 Å². The largest absolute Gasteiger partial charge is 0.502 e. The van der Waals surface area contributed by atoms with E-state index in [1.54, 1.807) is 0 Å². The summed E-state index contributed by atoms with van der Waals surface area (Å²) in [5, 5.41) is 20.1. The molecule has 0 fully saturated rings. The normalized spacial score (nSPS) is 12.2. The molecule has 0 aliphatic carbocycles. The zero-order valence-corrected chi connectivity index (χ0v) is 11.9. The highest BCUT2D eigenvalue weighted by molar-refractivity contribution is 5.85. The van der Waals surface area contributed by atoms with E-state index in [9.17, 15) is 33.2 Å². The molecule has 1 aromatic rings. The van der Waals surface area contributed by atoms with Crippen LogP contribution in [0.2, 0.25) is 0 Å². The lowest BCUT2D eigenvalue weighted by Crippen LogP contribution is -2.41. The van der Waals surface area contributed by atoms with Crippen LogP contribution in [0.3, 0.4) is 0 Å². The Morgan fingerprint density at radius 2 is 2.09 bits per heavy atom. The molecular weight excluding hydrogens is 333 g/mol. The highest BCUT2D eigenvalue weighted by Crippen LogP contribution is 2.39. The molecule has 7 nitrogen and oxygen atoms in total. The van der Waals surface area contributed by atoms with Gasteiger partial charge in [0.25, 0.3) is 0 Å². The molecule has 11 heteroatoms. The maximum atomic E-state index is 13.7. The Bertz CT molecular complexity index is 585. The highest BCUT2D eigenvalue weighted by atomic mass is 35.5. The fraction of sp³-hybridized carbons (Fsp3) is 0.364. The van der Waals surface area contributed by atoms with Crippen molar-refractivity contribution < 1.29 is 32.7 Å². The zero-order valence-electron chi connectivity index (χ0n) is 11.1. The van der Waals surface area contributed by atoms with Gasteiger partial charge in [-0.25, -0.2) is 9.18 Å². The molecule has 3 N–H and O–H groups in total. The van der Waals surface area contributed by atoms with E-state index >= 15 is 0 Å². The SMILES string of the molecule is CCOC(=O)C(F)(F)[C@@H](N)c1cc(F)cc([N+](=O)[O-])c1O.Cl. The first kappa shape index (κ1) is 19.9. The summed E-state index contributed by atoms with van der Waals surface area (Å²) in [6.07, 6.45) is 0. The maximum Gasteiger partial charge on any atom is 0.379 e. The van der Waals surface area contributed by atoms with Crippen molar-refractivity contribution in [3.05, 3.63) is 33.6 Å². The van der Waals surface area contributed by atoms with Crippen LogP contribution < -0.4 is 5.73 Å². The first-order valence-corrected chi connectivity index (χ1v) is 5.60. The number of hydrogen-bond donors (Lipinski definition) is 2. The number of aromatic hydroxyl groups is 1. The van der Waals surface area contributed by atoms with E-state index in [2.05, 4.69) is 4.74 Å². The van der Waals surface area contributed by atoms with E-state index in [-0.39, 0.29) is 19.0 Å². The van der Waals surface area contributed by atoms with Crippen LogP contribution in [-0.2, 0) is 9.53 Å². The molecule has 1 rings (SSSR count). The van der Waals surface area contributed by atoms with Crippen molar-refractivity contribution in [1.82, 2.24) is 0 Å². The Morgan fingerprint density at radius 1 is 1.55 bits per heavy atom. The number of halogens is 4. The molecule has 0 bridgehead atoms. The van der Waals surface area contributed by atoms with Crippen molar-refractivity contribution in [2.24, 2.45) is 5.73 Å². The molecule has 0 heterocycles. The van der Waals surface area contributed by atoms with Gasteiger partial charge in [-0.2, -0.15) is 8.78 Å². The van der Waals surface area contributed by atoms with Crippen LogP contribution in [0.5, 0.6) is 5.75 Å². The Morgan fingerprint density at radius 3 is 2.55 bits per heavy atom. The molecule has 0 aliphatic heterocycles. The number of nitrogens with zero attached hydrogens (tertiary/aromatic N) is 1. The van der Waals surface area contributed by atoms with Gasteiger partial charge in [0.1, 0.15) is 11.9 Å². The summed E-state index contributed by atoms with van der Waals surface area (Å²) in [7, 11) is 0. The molecule has 0 saturated carbocycles. The number of ether oxygens (including phenoxy) is 1. The second-order valence-corrected chi connectivity index (χ2v) is 3.94. The predicted molar refractivity (Wildman–Crippen MR) is 70.5 cm³/mol.